The van der Waals surface area contributed by atoms with Gasteiger partial charge in [-0.2, -0.15) is 0 Å². The van der Waals surface area contributed by atoms with Crippen LogP contribution < -0.4 is 19.7 Å². The van der Waals surface area contributed by atoms with E-state index in [1.54, 1.807) is 6.07 Å². The van der Waals surface area contributed by atoms with Gasteiger partial charge in [-0.3, -0.25) is 4.90 Å². The lowest BCUT2D eigenvalue weighted by Crippen LogP contribution is -2.52. The van der Waals surface area contributed by atoms with E-state index < -0.39 is 0 Å². The number of halogens is 1. The molecule has 0 amide bonds. The highest BCUT2D eigenvalue weighted by Gasteiger charge is 2.36. The van der Waals surface area contributed by atoms with Gasteiger partial charge in [0, 0.05) is 32.2 Å². The van der Waals surface area contributed by atoms with Gasteiger partial charge in [0.05, 0.1) is 5.69 Å². The Morgan fingerprint density at radius 1 is 0.971 bits per heavy atom. The number of unbranched alkanes of at least 4 members (excludes halogenated alkanes) is 1. The number of hydrogen-bond donors (Lipinski definition) is 1. The number of ether oxygens (including phenoxy) is 2. The molecule has 2 aromatic rings. The van der Waals surface area contributed by atoms with Gasteiger partial charge in [0.25, 0.3) is 0 Å². The summed E-state index contributed by atoms with van der Waals surface area (Å²) in [5, 5.41) is 3.65. The molecule has 2 fully saturated rings. The third-order valence-electron chi connectivity index (χ3n) is 8.10. The van der Waals surface area contributed by atoms with Crippen molar-refractivity contribution in [2.24, 2.45) is 5.92 Å². The maximum atomic E-state index is 14.9. The van der Waals surface area contributed by atoms with Crippen LogP contribution in [0.2, 0.25) is 0 Å². The van der Waals surface area contributed by atoms with Crippen molar-refractivity contribution in [3.63, 3.8) is 0 Å². The molecule has 1 aliphatic carbocycles. The largest absolute Gasteiger partial charge is 0.486 e. The van der Waals surface area contributed by atoms with Crippen LogP contribution in [0.4, 0.5) is 10.1 Å². The van der Waals surface area contributed by atoms with E-state index >= 15 is 0 Å². The summed E-state index contributed by atoms with van der Waals surface area (Å²) in [4.78, 5) is 5.08. The summed E-state index contributed by atoms with van der Waals surface area (Å²) in [7, 11) is 0. The van der Waals surface area contributed by atoms with Crippen molar-refractivity contribution in [1.29, 1.82) is 0 Å². The molecular formula is C29H40FN3O2. The average molecular weight is 482 g/mol. The first-order valence-corrected chi connectivity index (χ1v) is 13.6. The van der Waals surface area contributed by atoms with Crippen LogP contribution in [0.15, 0.2) is 42.5 Å². The molecule has 3 unspecified atom stereocenters. The smallest absolute Gasteiger partial charge is 0.184 e. The molecule has 1 N–H and O–H groups in total. The lowest BCUT2D eigenvalue weighted by Gasteiger charge is -2.45. The number of nitrogens with one attached hydrogen (secondary N) is 1. The first-order valence-electron chi connectivity index (χ1n) is 13.6. The molecule has 5 nitrogen and oxygen atoms in total. The minimum absolute atomic E-state index is 0.0439. The highest BCUT2D eigenvalue weighted by Crippen LogP contribution is 2.42. The summed E-state index contributed by atoms with van der Waals surface area (Å²) in [5.74, 6) is 2.47. The summed E-state index contributed by atoms with van der Waals surface area (Å²) >= 11 is 0. The average Bonchev–Trinajstić information content (AvgIpc) is 2.91. The minimum atomic E-state index is -0.0439. The van der Waals surface area contributed by atoms with Crippen LogP contribution in [-0.4, -0.2) is 63.4 Å². The second kappa shape index (κ2) is 11.6. The Balaban J connectivity index is 1.24. The fourth-order valence-electron chi connectivity index (χ4n) is 6.17. The van der Waals surface area contributed by atoms with Crippen LogP contribution >= 0.6 is 0 Å². The van der Waals surface area contributed by atoms with E-state index in [9.17, 15) is 4.39 Å². The fourth-order valence-corrected chi connectivity index (χ4v) is 6.17. The van der Waals surface area contributed by atoms with Crippen molar-refractivity contribution < 1.29 is 13.9 Å². The van der Waals surface area contributed by atoms with Crippen LogP contribution in [-0.2, 0) is 0 Å². The summed E-state index contributed by atoms with van der Waals surface area (Å²) in [6, 6.07) is 14.2. The van der Waals surface area contributed by atoms with Gasteiger partial charge in [-0.25, -0.2) is 4.39 Å². The Morgan fingerprint density at radius 3 is 2.63 bits per heavy atom. The predicted octanol–water partition coefficient (Wildman–Crippen LogP) is 5.06. The highest BCUT2D eigenvalue weighted by molar-refractivity contribution is 5.65. The normalized spacial score (nSPS) is 25.0. The molecule has 6 heteroatoms. The summed E-state index contributed by atoms with van der Waals surface area (Å²) in [5.41, 5.74) is 2.05. The lowest BCUT2D eigenvalue weighted by atomic mass is 9.72. The Morgan fingerprint density at radius 2 is 1.80 bits per heavy atom. The fraction of sp³-hybridized carbons (Fsp3) is 0.586. The van der Waals surface area contributed by atoms with Crippen LogP contribution in [0.25, 0.3) is 0 Å². The number of para-hydroxylation sites is 1. The Kier molecular flexibility index (Phi) is 8.09. The third-order valence-corrected chi connectivity index (χ3v) is 8.10. The highest BCUT2D eigenvalue weighted by atomic mass is 19.1. The minimum Gasteiger partial charge on any atom is -0.486 e. The van der Waals surface area contributed by atoms with E-state index in [1.807, 2.05) is 24.3 Å². The van der Waals surface area contributed by atoms with E-state index in [0.717, 1.165) is 74.9 Å². The standard InChI is InChI=1S/C29H40FN3O2/c1-2-3-13-31-21-22-11-12-23(20-25(22)24-7-4-5-8-26(24)30)32-14-16-33(17-15-32)27-9-6-10-28-29(27)35-19-18-34-28/h4-10,22-23,25,31H,2-3,11-21H2,1H3. The first-order chi connectivity index (χ1) is 17.2. The number of rotatable bonds is 8. The van der Waals surface area contributed by atoms with Gasteiger partial charge in [0.1, 0.15) is 19.0 Å². The molecule has 3 aliphatic rings. The molecule has 2 aromatic carbocycles. The quantitative estimate of drug-likeness (QED) is 0.534. The molecule has 1 saturated heterocycles. The molecule has 1 saturated carbocycles. The number of piperazine rings is 1. The maximum absolute atomic E-state index is 14.9. The van der Waals surface area contributed by atoms with Gasteiger partial charge in [-0.1, -0.05) is 37.6 Å². The van der Waals surface area contributed by atoms with Crippen LogP contribution in [0.3, 0.4) is 0 Å². The SMILES string of the molecule is CCCCNCC1CCC(N2CCN(c3cccc4c3OCCO4)CC2)CC1c1ccccc1F. The Labute approximate surface area is 209 Å². The number of nitrogens with zero attached hydrogens (tertiary/aromatic N) is 2. The summed E-state index contributed by atoms with van der Waals surface area (Å²) in [6.45, 7) is 9.49. The predicted molar refractivity (Wildman–Crippen MR) is 139 cm³/mol. The van der Waals surface area contributed by atoms with E-state index in [1.165, 1.54) is 19.3 Å². The van der Waals surface area contributed by atoms with Crippen LogP contribution in [0, 0.1) is 11.7 Å². The molecule has 2 heterocycles. The van der Waals surface area contributed by atoms with Crippen molar-refractivity contribution in [2.45, 2.75) is 51.0 Å². The molecular weight excluding hydrogens is 441 g/mol. The first kappa shape index (κ1) is 24.4. The third kappa shape index (κ3) is 5.59. The number of anilines is 1. The van der Waals surface area contributed by atoms with Crippen molar-refractivity contribution in [3.8, 4) is 11.5 Å². The van der Waals surface area contributed by atoms with Crippen molar-refractivity contribution in [2.75, 3.05) is 57.4 Å². The molecule has 3 atom stereocenters. The summed E-state index contributed by atoms with van der Waals surface area (Å²) < 4.78 is 26.6. The van der Waals surface area contributed by atoms with Crippen molar-refractivity contribution in [3.05, 3.63) is 53.8 Å². The zero-order valence-corrected chi connectivity index (χ0v) is 21.1. The van der Waals surface area contributed by atoms with Gasteiger partial charge in [-0.05, 0) is 74.4 Å². The number of benzene rings is 2. The van der Waals surface area contributed by atoms with Gasteiger partial charge < -0.3 is 19.7 Å². The second-order valence-electron chi connectivity index (χ2n) is 10.2. The molecule has 0 bridgehead atoms. The van der Waals surface area contributed by atoms with Gasteiger partial charge in [0.15, 0.2) is 11.5 Å². The number of hydrogen-bond acceptors (Lipinski definition) is 5. The molecule has 0 spiro atoms. The monoisotopic (exact) mass is 481 g/mol. The zero-order chi connectivity index (χ0) is 24.0. The molecule has 5 rings (SSSR count). The van der Waals surface area contributed by atoms with Crippen molar-refractivity contribution >= 4 is 5.69 Å². The van der Waals surface area contributed by atoms with Gasteiger partial charge in [0.2, 0.25) is 0 Å². The molecule has 0 radical (unpaired) electrons. The second-order valence-corrected chi connectivity index (χ2v) is 10.2. The molecule has 2 aliphatic heterocycles. The zero-order valence-electron chi connectivity index (χ0n) is 21.1. The molecule has 0 aromatic heterocycles. The maximum Gasteiger partial charge on any atom is 0.184 e. The number of fused-ring (bicyclic) bond motifs is 1. The topological polar surface area (TPSA) is 37.0 Å². The van der Waals surface area contributed by atoms with Gasteiger partial charge in [-0.15, -0.1) is 0 Å². The Hall–Kier alpha value is -2.31. The summed E-state index contributed by atoms with van der Waals surface area (Å²) in [6.07, 6.45) is 5.79. The van der Waals surface area contributed by atoms with E-state index in [-0.39, 0.29) is 11.7 Å². The van der Waals surface area contributed by atoms with Crippen molar-refractivity contribution in [1.82, 2.24) is 10.2 Å². The van der Waals surface area contributed by atoms with E-state index in [0.29, 0.717) is 25.2 Å². The van der Waals surface area contributed by atoms with Crippen LogP contribution in [0.5, 0.6) is 11.5 Å². The van der Waals surface area contributed by atoms with Crippen LogP contribution in [0.1, 0.15) is 50.5 Å². The lowest BCUT2D eigenvalue weighted by molar-refractivity contribution is 0.113. The molecule has 35 heavy (non-hydrogen) atoms. The van der Waals surface area contributed by atoms with E-state index in [4.69, 9.17) is 9.47 Å². The van der Waals surface area contributed by atoms with E-state index in [2.05, 4.69) is 34.2 Å². The van der Waals surface area contributed by atoms with Gasteiger partial charge >= 0.3 is 0 Å². The Bertz CT molecular complexity index is 963. The molecule has 190 valence electrons.